The summed E-state index contributed by atoms with van der Waals surface area (Å²) in [6.07, 6.45) is 1.64. The van der Waals surface area contributed by atoms with E-state index in [1.54, 1.807) is 12.1 Å². The van der Waals surface area contributed by atoms with Crippen molar-refractivity contribution in [1.29, 1.82) is 0 Å². The van der Waals surface area contributed by atoms with Crippen LogP contribution in [0.25, 0.3) is 16.7 Å². The fraction of sp³-hybridized carbons (Fsp3) is 0.167. The Morgan fingerprint density at radius 2 is 1.68 bits per heavy atom. The minimum atomic E-state index is -0.589. The fourth-order valence-corrected chi connectivity index (χ4v) is 3.63. The van der Waals surface area contributed by atoms with E-state index in [4.69, 9.17) is 0 Å². The van der Waals surface area contributed by atoms with E-state index in [0.29, 0.717) is 6.42 Å². The molecule has 0 amide bonds. The Kier molecular flexibility index (Phi) is 5.50. The van der Waals surface area contributed by atoms with Gasteiger partial charge in [-0.1, -0.05) is 38.1 Å². The maximum absolute atomic E-state index is 14.8. The molecule has 4 nitrogen and oxygen atoms in total. The molecule has 2 aromatic carbocycles. The Balaban J connectivity index is 2.10. The third kappa shape index (κ3) is 3.67. The summed E-state index contributed by atoms with van der Waals surface area (Å²) in [7, 11) is 0. The molecule has 0 aliphatic rings. The number of hydrogen-bond acceptors (Lipinski definition) is 3. The Bertz CT molecular complexity index is 1330. The van der Waals surface area contributed by atoms with Crippen LogP contribution in [0.3, 0.4) is 0 Å². The summed E-state index contributed by atoms with van der Waals surface area (Å²) in [5.74, 6) is -1.84. The van der Waals surface area contributed by atoms with Crippen molar-refractivity contribution in [2.24, 2.45) is 0 Å². The number of halogens is 3. The minimum Gasteiger partial charge on any atom is -0.339 e. The van der Waals surface area contributed by atoms with Crippen LogP contribution in [0.15, 0.2) is 65.6 Å². The lowest BCUT2D eigenvalue weighted by Gasteiger charge is -2.20. The molecular formula is C24H20F3N3O. The molecule has 1 N–H and O–H groups in total. The van der Waals surface area contributed by atoms with Crippen molar-refractivity contribution in [3.63, 3.8) is 0 Å². The second kappa shape index (κ2) is 8.26. The second-order valence-electron chi connectivity index (χ2n) is 7.31. The Hall–Kier alpha value is -3.61. The monoisotopic (exact) mass is 423 g/mol. The molecule has 31 heavy (non-hydrogen) atoms. The van der Waals surface area contributed by atoms with E-state index < -0.39 is 22.9 Å². The number of hydrogen-bond donors (Lipinski definition) is 1. The molecule has 4 aromatic rings. The SMILES string of the molecule is CCC(C)c1c(F)cnc2c1c(=O)cc(Nc1ccccc1F)n2-c1ccccc1F. The van der Waals surface area contributed by atoms with Crippen LogP contribution in [0, 0.1) is 17.5 Å². The van der Waals surface area contributed by atoms with E-state index in [0.717, 1.165) is 6.20 Å². The van der Waals surface area contributed by atoms with Crippen molar-refractivity contribution in [2.45, 2.75) is 26.2 Å². The second-order valence-corrected chi connectivity index (χ2v) is 7.31. The van der Waals surface area contributed by atoms with Crippen LogP contribution in [0.4, 0.5) is 24.7 Å². The van der Waals surface area contributed by atoms with Gasteiger partial charge in [-0.3, -0.25) is 9.36 Å². The highest BCUT2D eigenvalue weighted by Gasteiger charge is 2.22. The zero-order valence-electron chi connectivity index (χ0n) is 17.0. The lowest BCUT2D eigenvalue weighted by Crippen LogP contribution is -2.17. The van der Waals surface area contributed by atoms with Gasteiger partial charge in [0, 0.05) is 11.6 Å². The van der Waals surface area contributed by atoms with Gasteiger partial charge < -0.3 is 5.32 Å². The zero-order valence-corrected chi connectivity index (χ0v) is 17.0. The quantitative estimate of drug-likeness (QED) is 0.424. The van der Waals surface area contributed by atoms with Crippen LogP contribution < -0.4 is 10.7 Å². The topological polar surface area (TPSA) is 46.9 Å². The molecule has 0 saturated carbocycles. The van der Waals surface area contributed by atoms with Crippen molar-refractivity contribution in [3.05, 3.63) is 94.0 Å². The number of rotatable bonds is 5. The minimum absolute atomic E-state index is 0.0803. The summed E-state index contributed by atoms with van der Waals surface area (Å²) in [5, 5.41) is 2.94. The molecule has 2 aromatic heterocycles. The Morgan fingerprint density at radius 3 is 2.35 bits per heavy atom. The normalized spacial score (nSPS) is 12.2. The van der Waals surface area contributed by atoms with Crippen molar-refractivity contribution >= 4 is 22.5 Å². The third-order valence-electron chi connectivity index (χ3n) is 5.35. The van der Waals surface area contributed by atoms with Gasteiger partial charge in [0.2, 0.25) is 0 Å². The first-order valence-corrected chi connectivity index (χ1v) is 9.93. The summed E-state index contributed by atoms with van der Waals surface area (Å²) in [4.78, 5) is 17.2. The predicted octanol–water partition coefficient (Wildman–Crippen LogP) is 6.06. The molecular weight excluding hydrogens is 403 g/mol. The number of nitrogens with one attached hydrogen (secondary N) is 1. The van der Waals surface area contributed by atoms with Crippen LogP contribution in [-0.4, -0.2) is 9.55 Å². The van der Waals surface area contributed by atoms with E-state index in [1.165, 1.54) is 47.0 Å². The molecule has 1 unspecified atom stereocenters. The number of anilines is 2. The standard InChI is InChI=1S/C24H20F3N3O/c1-3-14(2)22-17(27)13-28-24-23(22)20(31)12-21(29-18-10-6-4-8-15(18)25)30(24)19-11-7-5-9-16(19)26/h4-14,29H,3H2,1-2H3. The molecule has 2 heterocycles. The third-order valence-corrected chi connectivity index (χ3v) is 5.35. The molecule has 0 fully saturated rings. The molecule has 0 aliphatic carbocycles. The molecule has 4 rings (SSSR count). The van der Waals surface area contributed by atoms with Crippen LogP contribution in [0.2, 0.25) is 0 Å². The molecule has 158 valence electrons. The van der Waals surface area contributed by atoms with Gasteiger partial charge in [-0.25, -0.2) is 18.2 Å². The number of para-hydroxylation sites is 2. The largest absolute Gasteiger partial charge is 0.339 e. The van der Waals surface area contributed by atoms with Crippen molar-refractivity contribution in [2.75, 3.05) is 5.32 Å². The molecule has 7 heteroatoms. The smallest absolute Gasteiger partial charge is 0.193 e. The van der Waals surface area contributed by atoms with Crippen LogP contribution in [0.1, 0.15) is 31.7 Å². The lowest BCUT2D eigenvalue weighted by molar-refractivity contribution is 0.582. The number of aromatic nitrogens is 2. The van der Waals surface area contributed by atoms with E-state index in [-0.39, 0.29) is 39.7 Å². The van der Waals surface area contributed by atoms with Crippen LogP contribution in [-0.2, 0) is 0 Å². The van der Waals surface area contributed by atoms with Crippen LogP contribution >= 0.6 is 0 Å². The Labute approximate surface area is 177 Å². The fourth-order valence-electron chi connectivity index (χ4n) is 3.63. The first kappa shape index (κ1) is 20.7. The average Bonchev–Trinajstić information content (AvgIpc) is 2.76. The molecule has 1 atom stereocenters. The van der Waals surface area contributed by atoms with Crippen molar-refractivity contribution < 1.29 is 13.2 Å². The highest BCUT2D eigenvalue weighted by Crippen LogP contribution is 2.32. The zero-order chi connectivity index (χ0) is 22.1. The highest BCUT2D eigenvalue weighted by molar-refractivity contribution is 5.84. The summed E-state index contributed by atoms with van der Waals surface area (Å²) >= 11 is 0. The van der Waals surface area contributed by atoms with E-state index in [9.17, 15) is 18.0 Å². The first-order valence-electron chi connectivity index (χ1n) is 9.93. The first-order chi connectivity index (χ1) is 14.9. The maximum atomic E-state index is 14.8. The molecule has 0 radical (unpaired) electrons. The van der Waals surface area contributed by atoms with Gasteiger partial charge in [-0.05, 0) is 36.6 Å². The van der Waals surface area contributed by atoms with Gasteiger partial charge in [0.15, 0.2) is 11.1 Å². The van der Waals surface area contributed by atoms with Gasteiger partial charge in [0.1, 0.15) is 23.3 Å². The summed E-state index contributed by atoms with van der Waals surface area (Å²) in [6, 6.07) is 13.1. The van der Waals surface area contributed by atoms with Gasteiger partial charge in [0.25, 0.3) is 0 Å². The summed E-state index contributed by atoms with van der Waals surface area (Å²) in [6.45, 7) is 3.70. The summed E-state index contributed by atoms with van der Waals surface area (Å²) in [5.41, 5.74) is 0.0491. The Morgan fingerprint density at radius 1 is 1.00 bits per heavy atom. The van der Waals surface area contributed by atoms with Gasteiger partial charge in [-0.15, -0.1) is 0 Å². The average molecular weight is 423 g/mol. The number of fused-ring (bicyclic) bond motifs is 1. The number of nitrogens with zero attached hydrogens (tertiary/aromatic N) is 2. The van der Waals surface area contributed by atoms with E-state index >= 15 is 0 Å². The molecule has 0 saturated heterocycles. The van der Waals surface area contributed by atoms with Gasteiger partial charge >= 0.3 is 0 Å². The highest BCUT2D eigenvalue weighted by atomic mass is 19.1. The lowest BCUT2D eigenvalue weighted by atomic mass is 9.95. The van der Waals surface area contributed by atoms with Crippen molar-refractivity contribution in [3.8, 4) is 5.69 Å². The van der Waals surface area contributed by atoms with Gasteiger partial charge in [0.05, 0.1) is 23.0 Å². The van der Waals surface area contributed by atoms with Crippen LogP contribution in [0.5, 0.6) is 0 Å². The molecule has 0 aliphatic heterocycles. The van der Waals surface area contributed by atoms with Crippen molar-refractivity contribution in [1.82, 2.24) is 9.55 Å². The maximum Gasteiger partial charge on any atom is 0.193 e. The number of pyridine rings is 2. The van der Waals surface area contributed by atoms with E-state index in [2.05, 4.69) is 10.3 Å². The molecule has 0 spiro atoms. The molecule has 0 bridgehead atoms. The summed E-state index contributed by atoms with van der Waals surface area (Å²) < 4.78 is 45.2. The van der Waals surface area contributed by atoms with E-state index in [1.807, 2.05) is 13.8 Å². The van der Waals surface area contributed by atoms with Gasteiger partial charge in [-0.2, -0.15) is 0 Å². The number of benzene rings is 2. The predicted molar refractivity (Wildman–Crippen MR) is 116 cm³/mol.